The molecule has 0 radical (unpaired) electrons. The molecule has 1 aromatic rings. The summed E-state index contributed by atoms with van der Waals surface area (Å²) < 4.78 is 4.45. The molecule has 126 valence electrons. The molecule has 4 N–H and O–H groups in total. The molecule has 0 spiro atoms. The lowest BCUT2D eigenvalue weighted by Gasteiger charge is -2.11. The van der Waals surface area contributed by atoms with E-state index in [1.807, 2.05) is 0 Å². The van der Waals surface area contributed by atoms with Crippen LogP contribution in [0, 0.1) is 0 Å². The highest BCUT2D eigenvalue weighted by atomic mass is 32.2. The van der Waals surface area contributed by atoms with Gasteiger partial charge in [0.25, 0.3) is 10.1 Å². The maximum absolute atomic E-state index is 5.87. The van der Waals surface area contributed by atoms with Gasteiger partial charge in [0, 0.05) is 11.1 Å². The van der Waals surface area contributed by atoms with E-state index in [0.29, 0.717) is 23.5 Å². The van der Waals surface area contributed by atoms with Gasteiger partial charge in [0.1, 0.15) is 25.5 Å². The van der Waals surface area contributed by atoms with Crippen LogP contribution in [0.15, 0.2) is 48.8 Å². The highest BCUT2D eigenvalue weighted by Gasteiger charge is 2.35. The maximum Gasteiger partial charge on any atom is 0.257 e. The van der Waals surface area contributed by atoms with Crippen molar-refractivity contribution in [3.8, 4) is 0 Å². The van der Waals surface area contributed by atoms with Crippen LogP contribution in [0.4, 0.5) is 0 Å². The van der Waals surface area contributed by atoms with E-state index in [1.165, 1.54) is 11.1 Å². The smallest absolute Gasteiger partial charge is 0.257 e. The Balaban J connectivity index is 1.83. The first kappa shape index (κ1) is 17.2. The van der Waals surface area contributed by atoms with Gasteiger partial charge in [-0.1, -0.05) is 37.4 Å². The van der Waals surface area contributed by atoms with E-state index in [9.17, 15) is 0 Å². The Morgan fingerprint density at radius 3 is 1.46 bits per heavy atom. The molecule has 0 fully saturated rings. The maximum atomic E-state index is 5.87. The molecule has 4 nitrogen and oxygen atoms in total. The van der Waals surface area contributed by atoms with Crippen molar-refractivity contribution < 1.29 is 9.15 Å². The van der Waals surface area contributed by atoms with Crippen LogP contribution in [0.3, 0.4) is 0 Å². The molecule has 1 aromatic carbocycles. The normalized spacial score (nSPS) is 23.9. The summed E-state index contributed by atoms with van der Waals surface area (Å²) in [5.41, 5.74) is 15.7. The van der Waals surface area contributed by atoms with E-state index in [1.54, 1.807) is 23.5 Å². The van der Waals surface area contributed by atoms with Gasteiger partial charge in [-0.15, -0.1) is 0 Å². The summed E-state index contributed by atoms with van der Waals surface area (Å²) in [5, 5.41) is 2.16. The molecule has 6 heteroatoms. The predicted octanol–water partition coefficient (Wildman–Crippen LogP) is 2.29. The first-order valence-corrected chi connectivity index (χ1v) is 9.81. The molecule has 0 saturated carbocycles. The number of nitrogens with two attached hydrogens (primary N) is 2. The topological polar surface area (TPSA) is 58.1 Å². The van der Waals surface area contributed by atoms with Crippen molar-refractivity contribution in [2.24, 2.45) is 11.5 Å². The Labute approximate surface area is 152 Å². The zero-order valence-corrected chi connectivity index (χ0v) is 15.8. The predicted molar refractivity (Wildman–Crippen MR) is 106 cm³/mol. The summed E-state index contributed by atoms with van der Waals surface area (Å²) in [5.74, 6) is 2.01. The van der Waals surface area contributed by atoms with Gasteiger partial charge in [-0.05, 0) is 23.5 Å². The van der Waals surface area contributed by atoms with Gasteiger partial charge in [-0.25, -0.2) is 9.15 Å². The summed E-state index contributed by atoms with van der Waals surface area (Å²) in [6, 6.07) is 9.61. The fourth-order valence-electron chi connectivity index (χ4n) is 3.24. The van der Waals surface area contributed by atoms with Crippen molar-refractivity contribution in [3.05, 3.63) is 59.9 Å². The number of benzene rings is 1. The summed E-state index contributed by atoms with van der Waals surface area (Å²) in [6.07, 6.45) is 0. The van der Waals surface area contributed by atoms with Crippen LogP contribution >= 0.6 is 23.5 Å². The minimum absolute atomic E-state index is 0.348. The number of nitrogens with zero attached hydrogens (tertiary/aromatic N) is 2. The zero-order chi connectivity index (χ0) is 17.4. The lowest BCUT2D eigenvalue weighted by molar-refractivity contribution is -0.533. The molecular formula is C18H24N4S2+2. The number of thioether (sulfide) groups is 2. The Hall–Kier alpha value is -1.66. The molecule has 24 heavy (non-hydrogen) atoms. The average Bonchev–Trinajstić information content (AvgIpc) is 3.10. The van der Waals surface area contributed by atoms with Gasteiger partial charge in [0.15, 0.2) is 12.1 Å². The Kier molecular flexibility index (Phi) is 4.78. The third-order valence-corrected chi connectivity index (χ3v) is 7.20. The summed E-state index contributed by atoms with van der Waals surface area (Å²) in [6.45, 7) is 7.72. The van der Waals surface area contributed by atoms with Gasteiger partial charge in [0.2, 0.25) is 0 Å². The van der Waals surface area contributed by atoms with Crippen molar-refractivity contribution in [2.75, 3.05) is 25.6 Å². The van der Waals surface area contributed by atoms with Gasteiger partial charge in [-0.2, -0.15) is 0 Å². The summed E-state index contributed by atoms with van der Waals surface area (Å²) in [4.78, 5) is 0. The second-order valence-corrected chi connectivity index (χ2v) is 8.22. The van der Waals surface area contributed by atoms with E-state index >= 15 is 0 Å². The zero-order valence-electron chi connectivity index (χ0n) is 14.2. The summed E-state index contributed by atoms with van der Waals surface area (Å²) in [7, 11) is 4.17. The molecule has 3 rings (SSSR count). The van der Waals surface area contributed by atoms with Crippen LogP contribution in [0.1, 0.15) is 23.2 Å². The Morgan fingerprint density at radius 1 is 0.875 bits per heavy atom. The van der Waals surface area contributed by atoms with Crippen LogP contribution in [-0.4, -0.2) is 44.8 Å². The molecule has 0 amide bonds. The van der Waals surface area contributed by atoms with E-state index in [2.05, 4.69) is 60.7 Å². The van der Waals surface area contributed by atoms with Crippen LogP contribution in [0.5, 0.6) is 0 Å². The van der Waals surface area contributed by atoms with E-state index < -0.39 is 0 Å². The van der Waals surface area contributed by atoms with E-state index in [0.717, 1.165) is 21.6 Å². The molecule has 2 unspecified atom stereocenters. The Bertz CT molecular complexity index is 697. The minimum Gasteiger partial charge on any atom is -0.393 e. The quantitative estimate of drug-likeness (QED) is 0.809. The van der Waals surface area contributed by atoms with Crippen LogP contribution in [0.2, 0.25) is 0 Å². The largest absolute Gasteiger partial charge is 0.393 e. The lowest BCUT2D eigenvalue weighted by atomic mass is 10.0. The minimum atomic E-state index is 0.348. The molecule has 2 heterocycles. The van der Waals surface area contributed by atoms with Crippen molar-refractivity contribution >= 4 is 33.6 Å². The lowest BCUT2D eigenvalue weighted by Crippen LogP contribution is -2.19. The Morgan fingerprint density at radius 2 is 1.21 bits per heavy atom. The number of rotatable bonds is 4. The number of hydrogen-bond acceptors (Lipinski definition) is 4. The number of hydrogen-bond donors (Lipinski definition) is 2. The molecular weight excluding hydrogens is 336 g/mol. The van der Waals surface area contributed by atoms with Crippen LogP contribution in [-0.2, 0) is 0 Å². The van der Waals surface area contributed by atoms with Crippen molar-refractivity contribution in [2.45, 2.75) is 12.1 Å². The molecule has 0 aromatic heterocycles. The highest BCUT2D eigenvalue weighted by molar-refractivity contribution is 8.14. The fraction of sp³-hybridized carbons (Fsp3) is 0.333. The monoisotopic (exact) mass is 360 g/mol. The standard InChI is InChI=1S/C18H24N4S2/c1-11(19)17-21(3)15(9-23-17)13-5-7-14(8-6-13)16-10-24-18(12(2)20)22(16)4/h5-8,15-16H,1-2,9-10,19-20H2,3-4H3/q+2. The molecule has 2 aliphatic heterocycles. The highest BCUT2D eigenvalue weighted by Crippen LogP contribution is 2.33. The average molecular weight is 361 g/mol. The third-order valence-electron chi connectivity index (χ3n) is 4.59. The van der Waals surface area contributed by atoms with E-state index in [4.69, 9.17) is 11.5 Å². The third kappa shape index (κ3) is 3.00. The van der Waals surface area contributed by atoms with Crippen molar-refractivity contribution in [1.82, 2.24) is 0 Å². The van der Waals surface area contributed by atoms with E-state index in [-0.39, 0.29) is 0 Å². The van der Waals surface area contributed by atoms with Crippen molar-refractivity contribution in [1.29, 1.82) is 0 Å². The van der Waals surface area contributed by atoms with Gasteiger partial charge in [0.05, 0.1) is 11.5 Å². The molecule has 0 aliphatic carbocycles. The van der Waals surface area contributed by atoms with Crippen LogP contribution < -0.4 is 11.5 Å². The second kappa shape index (κ2) is 6.69. The van der Waals surface area contributed by atoms with Gasteiger partial charge >= 0.3 is 0 Å². The van der Waals surface area contributed by atoms with Crippen molar-refractivity contribution in [3.63, 3.8) is 0 Å². The fourth-order valence-corrected chi connectivity index (χ4v) is 5.74. The second-order valence-electron chi connectivity index (χ2n) is 6.20. The van der Waals surface area contributed by atoms with Gasteiger partial charge in [-0.3, -0.25) is 0 Å². The van der Waals surface area contributed by atoms with Gasteiger partial charge < -0.3 is 11.5 Å². The first-order valence-electron chi connectivity index (χ1n) is 7.84. The molecule has 2 atom stereocenters. The summed E-state index contributed by atoms with van der Waals surface area (Å²) >= 11 is 3.55. The molecule has 0 saturated heterocycles. The first-order chi connectivity index (χ1) is 11.4. The van der Waals surface area contributed by atoms with Crippen LogP contribution in [0.25, 0.3) is 0 Å². The SMILES string of the molecule is C=C(N)C1=[N+](C)C(c2ccc(C3CSC(C(=C)N)=[N+]3C)cc2)CS1. The molecule has 0 bridgehead atoms. The molecule has 2 aliphatic rings.